The molecule has 13 heteroatoms. The molecule has 34 heavy (non-hydrogen) atoms. The molecule has 0 aliphatic carbocycles. The van der Waals surface area contributed by atoms with Crippen LogP contribution < -0.4 is 26.1 Å². The first-order valence-electron chi connectivity index (χ1n) is 10.2. The second kappa shape index (κ2) is 9.62. The van der Waals surface area contributed by atoms with E-state index in [-0.39, 0.29) is 17.5 Å². The van der Waals surface area contributed by atoms with Gasteiger partial charge in [-0.3, -0.25) is 9.78 Å². The molecule has 1 aliphatic heterocycles. The molecule has 4 aromatic rings. The van der Waals surface area contributed by atoms with Crippen molar-refractivity contribution in [2.24, 2.45) is 10.7 Å². The largest absolute Gasteiger partial charge is 0.486 e. The number of nitrogens with zero attached hydrogens (tertiary/aromatic N) is 6. The number of nitrogens with two attached hydrogens (primary N) is 1. The Morgan fingerprint density at radius 2 is 1.97 bits per heavy atom. The van der Waals surface area contributed by atoms with Crippen molar-refractivity contribution in [1.82, 2.24) is 30.2 Å². The Morgan fingerprint density at radius 1 is 1.15 bits per heavy atom. The van der Waals surface area contributed by atoms with Gasteiger partial charge in [0, 0.05) is 23.6 Å². The summed E-state index contributed by atoms with van der Waals surface area (Å²) in [5.41, 5.74) is 7.66. The quantitative estimate of drug-likeness (QED) is 0.213. The van der Waals surface area contributed by atoms with E-state index < -0.39 is 0 Å². The van der Waals surface area contributed by atoms with E-state index in [1.165, 1.54) is 17.8 Å². The number of H-pyrrole nitrogens is 1. The fourth-order valence-electron chi connectivity index (χ4n) is 3.17. The van der Waals surface area contributed by atoms with Gasteiger partial charge >= 0.3 is 0 Å². The first kappa shape index (κ1) is 21.5. The van der Waals surface area contributed by atoms with Crippen LogP contribution in [0.15, 0.2) is 69.5 Å². The summed E-state index contributed by atoms with van der Waals surface area (Å²) in [4.78, 5) is 23.3. The SMILES string of the molecule is N/C(=N\c1nc(CSc2nnnn2-c2ccccc2)cc(=O)[nH]1)Nc1ccc2c(c1)OCCO2. The molecular weight excluding hydrogens is 458 g/mol. The number of aromatic nitrogens is 6. The minimum Gasteiger partial charge on any atom is -0.486 e. The maximum Gasteiger partial charge on any atom is 0.252 e. The fourth-order valence-corrected chi connectivity index (χ4v) is 3.95. The van der Waals surface area contributed by atoms with Crippen LogP contribution in [0.1, 0.15) is 5.69 Å². The monoisotopic (exact) mass is 477 g/mol. The van der Waals surface area contributed by atoms with E-state index in [1.807, 2.05) is 30.3 Å². The summed E-state index contributed by atoms with van der Waals surface area (Å²) >= 11 is 1.34. The number of hydrogen-bond donors (Lipinski definition) is 3. The number of guanidine groups is 1. The Kier molecular flexibility index (Phi) is 6.07. The summed E-state index contributed by atoms with van der Waals surface area (Å²) in [6, 6.07) is 16.2. The molecule has 4 N–H and O–H groups in total. The van der Waals surface area contributed by atoms with Crippen molar-refractivity contribution in [2.75, 3.05) is 18.5 Å². The van der Waals surface area contributed by atoms with E-state index in [1.54, 1.807) is 22.9 Å². The summed E-state index contributed by atoms with van der Waals surface area (Å²) in [6.45, 7) is 0.992. The Morgan fingerprint density at radius 3 is 2.82 bits per heavy atom. The highest BCUT2D eigenvalue weighted by molar-refractivity contribution is 7.98. The van der Waals surface area contributed by atoms with Crippen molar-refractivity contribution in [3.05, 3.63) is 70.6 Å². The third-order valence-electron chi connectivity index (χ3n) is 4.61. The second-order valence-electron chi connectivity index (χ2n) is 7.04. The van der Waals surface area contributed by atoms with E-state index in [0.717, 1.165) is 5.69 Å². The smallest absolute Gasteiger partial charge is 0.252 e. The van der Waals surface area contributed by atoms with E-state index in [4.69, 9.17) is 15.2 Å². The number of aliphatic imine (C=N–C) groups is 1. The number of hydrogen-bond acceptors (Lipinski definition) is 9. The Bertz CT molecular complexity index is 1390. The van der Waals surface area contributed by atoms with Gasteiger partial charge in [0.1, 0.15) is 13.2 Å². The molecular formula is C21H19N9O3S. The molecule has 0 saturated heterocycles. The summed E-state index contributed by atoms with van der Waals surface area (Å²) in [6.07, 6.45) is 0. The summed E-state index contributed by atoms with van der Waals surface area (Å²) in [5, 5.41) is 15.3. The van der Waals surface area contributed by atoms with Crippen molar-refractivity contribution in [1.29, 1.82) is 0 Å². The highest BCUT2D eigenvalue weighted by atomic mass is 32.2. The number of aromatic amines is 1. The predicted octanol–water partition coefficient (Wildman–Crippen LogP) is 1.87. The van der Waals surface area contributed by atoms with Crippen LogP contribution in [-0.4, -0.2) is 49.3 Å². The van der Waals surface area contributed by atoms with Crippen molar-refractivity contribution in [2.45, 2.75) is 10.9 Å². The molecule has 5 rings (SSSR count). The van der Waals surface area contributed by atoms with Crippen molar-refractivity contribution < 1.29 is 9.47 Å². The van der Waals surface area contributed by atoms with E-state index >= 15 is 0 Å². The van der Waals surface area contributed by atoms with Crippen LogP contribution in [0.4, 0.5) is 11.6 Å². The van der Waals surface area contributed by atoms with Gasteiger partial charge in [0.2, 0.25) is 17.1 Å². The standard InChI is InChI=1S/C21H19N9O3S/c22-19(23-13-6-7-16-17(10-13)33-9-8-32-16)26-20-24-14(11-18(31)25-20)12-34-21-27-28-29-30(21)15-4-2-1-3-5-15/h1-7,10-11H,8-9,12H2,(H4,22,23,24,25,26,31). The third kappa shape index (κ3) is 4.99. The van der Waals surface area contributed by atoms with Crippen LogP contribution in [0.3, 0.4) is 0 Å². The topological polar surface area (TPSA) is 158 Å². The van der Waals surface area contributed by atoms with E-state index in [2.05, 4.69) is 35.8 Å². The molecule has 0 fully saturated rings. The molecule has 0 radical (unpaired) electrons. The summed E-state index contributed by atoms with van der Waals surface area (Å²) in [7, 11) is 0. The molecule has 3 heterocycles. The highest BCUT2D eigenvalue weighted by Gasteiger charge is 2.13. The minimum atomic E-state index is -0.348. The van der Waals surface area contributed by atoms with Crippen LogP contribution in [0.5, 0.6) is 11.5 Å². The Labute approximate surface area is 197 Å². The lowest BCUT2D eigenvalue weighted by Gasteiger charge is -2.19. The first-order valence-corrected chi connectivity index (χ1v) is 11.2. The number of benzene rings is 2. The van der Waals surface area contributed by atoms with Crippen LogP contribution in [-0.2, 0) is 5.75 Å². The summed E-state index contributed by atoms with van der Waals surface area (Å²) < 4.78 is 12.7. The number of para-hydroxylation sites is 1. The van der Waals surface area contributed by atoms with Gasteiger partial charge in [-0.05, 0) is 34.7 Å². The number of rotatable bonds is 6. The van der Waals surface area contributed by atoms with Crippen LogP contribution >= 0.6 is 11.8 Å². The lowest BCUT2D eigenvalue weighted by molar-refractivity contribution is 0.171. The minimum absolute atomic E-state index is 0.0534. The Hall–Kier alpha value is -4.39. The maximum absolute atomic E-state index is 12.1. The molecule has 0 unspecified atom stereocenters. The van der Waals surface area contributed by atoms with Gasteiger partial charge in [-0.2, -0.15) is 9.67 Å². The lowest BCUT2D eigenvalue weighted by atomic mass is 10.2. The number of nitrogens with one attached hydrogen (secondary N) is 2. The number of ether oxygens (including phenoxy) is 2. The molecule has 0 atom stereocenters. The van der Waals surface area contributed by atoms with Gasteiger partial charge < -0.3 is 20.5 Å². The van der Waals surface area contributed by atoms with Crippen molar-refractivity contribution in [3.8, 4) is 17.2 Å². The molecule has 12 nitrogen and oxygen atoms in total. The molecule has 0 amide bonds. The van der Waals surface area contributed by atoms with Crippen LogP contribution in [0, 0.1) is 0 Å². The average Bonchev–Trinajstić information content (AvgIpc) is 3.31. The number of thioether (sulfide) groups is 1. The summed E-state index contributed by atoms with van der Waals surface area (Å²) in [5.74, 6) is 1.77. The molecule has 0 spiro atoms. The average molecular weight is 478 g/mol. The van der Waals surface area contributed by atoms with Gasteiger partial charge in [-0.1, -0.05) is 30.0 Å². The van der Waals surface area contributed by atoms with Crippen molar-refractivity contribution in [3.63, 3.8) is 0 Å². The second-order valence-corrected chi connectivity index (χ2v) is 7.98. The molecule has 0 saturated carbocycles. The molecule has 172 valence electrons. The van der Waals surface area contributed by atoms with Gasteiger partial charge in [-0.25, -0.2) is 4.98 Å². The van der Waals surface area contributed by atoms with E-state index in [9.17, 15) is 4.79 Å². The molecule has 0 bridgehead atoms. The van der Waals surface area contributed by atoms with Crippen LogP contribution in [0.25, 0.3) is 5.69 Å². The maximum atomic E-state index is 12.1. The lowest BCUT2D eigenvalue weighted by Crippen LogP contribution is -2.23. The van der Waals surface area contributed by atoms with Gasteiger partial charge in [0.25, 0.3) is 5.56 Å². The van der Waals surface area contributed by atoms with Crippen LogP contribution in [0.2, 0.25) is 0 Å². The molecule has 1 aliphatic rings. The third-order valence-corrected chi connectivity index (χ3v) is 5.57. The predicted molar refractivity (Wildman–Crippen MR) is 126 cm³/mol. The molecule has 2 aromatic carbocycles. The van der Waals surface area contributed by atoms with Crippen molar-refractivity contribution >= 4 is 29.4 Å². The number of fused-ring (bicyclic) bond motifs is 1. The van der Waals surface area contributed by atoms with Gasteiger partial charge in [-0.15, -0.1) is 5.10 Å². The molecule has 2 aromatic heterocycles. The fraction of sp³-hybridized carbons (Fsp3) is 0.143. The zero-order valence-electron chi connectivity index (χ0n) is 17.7. The Balaban J connectivity index is 1.29. The highest BCUT2D eigenvalue weighted by Crippen LogP contribution is 2.32. The zero-order valence-corrected chi connectivity index (χ0v) is 18.5. The number of tetrazole rings is 1. The first-order chi connectivity index (χ1) is 16.6. The number of anilines is 1. The van der Waals surface area contributed by atoms with Gasteiger partial charge in [0.15, 0.2) is 11.5 Å². The van der Waals surface area contributed by atoms with Gasteiger partial charge in [0.05, 0.1) is 11.4 Å². The normalized spacial score (nSPS) is 13.0. The van der Waals surface area contributed by atoms with E-state index in [0.29, 0.717) is 47.0 Å². The zero-order chi connectivity index (χ0) is 23.3.